The summed E-state index contributed by atoms with van der Waals surface area (Å²) in [6.45, 7) is 7.26. The lowest BCUT2D eigenvalue weighted by Crippen LogP contribution is -2.44. The summed E-state index contributed by atoms with van der Waals surface area (Å²) in [5.74, 6) is 0.0990. The molecule has 2 saturated heterocycles. The van der Waals surface area contributed by atoms with Gasteiger partial charge in [0, 0.05) is 37.9 Å². The number of nitrogens with one attached hydrogen (secondary N) is 1. The van der Waals surface area contributed by atoms with Crippen molar-refractivity contribution in [2.24, 2.45) is 5.92 Å². The van der Waals surface area contributed by atoms with Crippen molar-refractivity contribution in [3.8, 4) is 0 Å². The molecule has 0 radical (unpaired) electrons. The van der Waals surface area contributed by atoms with Crippen LogP contribution < -0.4 is 15.8 Å². The van der Waals surface area contributed by atoms with E-state index >= 15 is 0 Å². The van der Waals surface area contributed by atoms with Gasteiger partial charge < -0.3 is 15.1 Å². The van der Waals surface area contributed by atoms with Gasteiger partial charge in [-0.1, -0.05) is 11.3 Å². The van der Waals surface area contributed by atoms with Gasteiger partial charge in [-0.25, -0.2) is 4.98 Å². The van der Waals surface area contributed by atoms with Crippen LogP contribution in [0.5, 0.6) is 0 Å². The van der Waals surface area contributed by atoms with E-state index in [1.807, 2.05) is 6.92 Å². The number of aryl methyl sites for hydroxylation is 1. The average Bonchev–Trinajstić information content (AvgIpc) is 3.31. The maximum atomic E-state index is 12.6. The summed E-state index contributed by atoms with van der Waals surface area (Å²) in [5, 5.41) is 8.30. The highest BCUT2D eigenvalue weighted by Crippen LogP contribution is 2.26. The molecule has 1 amide bonds. The number of anilines is 1. The molecule has 0 spiro atoms. The Morgan fingerprint density at radius 2 is 2.11 bits per heavy atom. The number of hydrogen-bond acceptors (Lipinski definition) is 7. The van der Waals surface area contributed by atoms with Crippen molar-refractivity contribution < 1.29 is 4.79 Å². The van der Waals surface area contributed by atoms with Gasteiger partial charge in [-0.05, 0) is 45.7 Å². The Bertz CT molecular complexity index is 872. The van der Waals surface area contributed by atoms with Crippen LogP contribution in [0.15, 0.2) is 10.9 Å². The third-order valence-electron chi connectivity index (χ3n) is 5.35. The molecule has 8 nitrogen and oxygen atoms in total. The quantitative estimate of drug-likeness (QED) is 0.816. The summed E-state index contributed by atoms with van der Waals surface area (Å²) in [4.78, 5) is 34.2. The number of carbonyl (C=O) groups is 1. The summed E-state index contributed by atoms with van der Waals surface area (Å²) in [7, 11) is 0. The Morgan fingerprint density at radius 1 is 1.30 bits per heavy atom. The summed E-state index contributed by atoms with van der Waals surface area (Å²) in [5.41, 5.74) is 0.539. The zero-order valence-corrected chi connectivity index (χ0v) is 16.5. The summed E-state index contributed by atoms with van der Waals surface area (Å²) < 4.78 is 1.35. The van der Waals surface area contributed by atoms with E-state index in [9.17, 15) is 9.59 Å². The van der Waals surface area contributed by atoms with E-state index in [1.54, 1.807) is 0 Å². The fourth-order valence-corrected chi connectivity index (χ4v) is 4.88. The minimum atomic E-state index is -0.159. The molecule has 2 aromatic rings. The van der Waals surface area contributed by atoms with E-state index in [-0.39, 0.29) is 17.4 Å². The molecule has 0 saturated carbocycles. The number of amides is 1. The summed E-state index contributed by atoms with van der Waals surface area (Å²) in [6, 6.07) is 1.49. The number of fused-ring (bicyclic) bond motifs is 1. The van der Waals surface area contributed by atoms with Gasteiger partial charge in [0.15, 0.2) is 0 Å². The van der Waals surface area contributed by atoms with Gasteiger partial charge in [0.05, 0.1) is 5.92 Å². The van der Waals surface area contributed by atoms with Gasteiger partial charge in [0.2, 0.25) is 16.0 Å². The van der Waals surface area contributed by atoms with Crippen molar-refractivity contribution in [1.82, 2.24) is 24.8 Å². The van der Waals surface area contributed by atoms with Gasteiger partial charge in [0.25, 0.3) is 5.56 Å². The molecule has 2 aliphatic rings. The van der Waals surface area contributed by atoms with Crippen LogP contribution in [0.2, 0.25) is 0 Å². The van der Waals surface area contributed by atoms with Gasteiger partial charge in [0.1, 0.15) is 0 Å². The molecule has 0 aromatic carbocycles. The molecular weight excluding hydrogens is 364 g/mol. The normalized spacial score (nSPS) is 21.1. The van der Waals surface area contributed by atoms with E-state index in [0.717, 1.165) is 50.7 Å². The first-order valence-electron chi connectivity index (χ1n) is 9.73. The van der Waals surface area contributed by atoms with Crippen molar-refractivity contribution in [3.05, 3.63) is 22.1 Å². The Labute approximate surface area is 162 Å². The Morgan fingerprint density at radius 3 is 2.93 bits per heavy atom. The number of hydrogen-bond donors (Lipinski definition) is 1. The van der Waals surface area contributed by atoms with Crippen LogP contribution in [0.4, 0.5) is 5.13 Å². The minimum absolute atomic E-state index is 0.0317. The molecule has 0 aliphatic carbocycles. The first kappa shape index (κ1) is 18.4. The van der Waals surface area contributed by atoms with Crippen molar-refractivity contribution in [2.45, 2.75) is 32.6 Å². The standard InChI is InChI=1S/C18H26N6O2S/c1-13-11-15(25)24-17(20-13)27-18(21-24)23-9-4-5-14(12-23)16(26)19-6-10-22-7-2-3-8-22/h11,14H,2-10,12H2,1H3,(H,19,26)/t14-/m0/s1. The van der Waals surface area contributed by atoms with Crippen LogP contribution in [0.25, 0.3) is 4.96 Å². The second kappa shape index (κ2) is 7.93. The summed E-state index contributed by atoms with van der Waals surface area (Å²) in [6.07, 6.45) is 4.38. The van der Waals surface area contributed by atoms with Gasteiger partial charge in [-0.3, -0.25) is 9.59 Å². The zero-order valence-electron chi connectivity index (χ0n) is 15.7. The number of piperidine rings is 1. The topological polar surface area (TPSA) is 82.8 Å². The van der Waals surface area contributed by atoms with Crippen molar-refractivity contribution in [2.75, 3.05) is 44.2 Å². The maximum Gasteiger partial charge on any atom is 0.275 e. The molecular formula is C18H26N6O2S. The van der Waals surface area contributed by atoms with Gasteiger partial charge >= 0.3 is 0 Å². The SMILES string of the molecule is Cc1cc(=O)n2nc(N3CCC[C@H](C(=O)NCCN4CCCC4)C3)sc2n1. The summed E-state index contributed by atoms with van der Waals surface area (Å²) >= 11 is 1.41. The second-order valence-corrected chi connectivity index (χ2v) is 8.37. The first-order chi connectivity index (χ1) is 13.1. The van der Waals surface area contributed by atoms with E-state index in [1.165, 1.54) is 34.8 Å². The van der Waals surface area contributed by atoms with Crippen LogP contribution in [-0.2, 0) is 4.79 Å². The molecule has 4 heterocycles. The van der Waals surface area contributed by atoms with Crippen LogP contribution >= 0.6 is 11.3 Å². The molecule has 1 N–H and O–H groups in total. The Hall–Kier alpha value is -2.00. The fraction of sp³-hybridized carbons (Fsp3) is 0.667. The van der Waals surface area contributed by atoms with Crippen molar-refractivity contribution >= 4 is 27.3 Å². The number of likely N-dealkylation sites (tertiary alicyclic amines) is 1. The highest BCUT2D eigenvalue weighted by molar-refractivity contribution is 7.20. The van der Waals surface area contributed by atoms with Crippen LogP contribution in [-0.4, -0.2) is 64.7 Å². The lowest BCUT2D eigenvalue weighted by molar-refractivity contribution is -0.125. The number of nitrogens with zero attached hydrogens (tertiary/aromatic N) is 5. The number of rotatable bonds is 5. The maximum absolute atomic E-state index is 12.6. The van der Waals surface area contributed by atoms with E-state index < -0.39 is 0 Å². The predicted molar refractivity (Wildman–Crippen MR) is 105 cm³/mol. The zero-order chi connectivity index (χ0) is 18.8. The molecule has 9 heteroatoms. The third-order valence-corrected chi connectivity index (χ3v) is 6.32. The number of aromatic nitrogens is 3. The highest BCUT2D eigenvalue weighted by atomic mass is 32.1. The number of carbonyl (C=O) groups excluding carboxylic acids is 1. The van der Waals surface area contributed by atoms with Crippen LogP contribution in [0, 0.1) is 12.8 Å². The molecule has 146 valence electrons. The lowest BCUT2D eigenvalue weighted by Gasteiger charge is -2.31. The molecule has 2 aromatic heterocycles. The molecule has 2 fully saturated rings. The first-order valence-corrected chi connectivity index (χ1v) is 10.5. The highest BCUT2D eigenvalue weighted by Gasteiger charge is 2.28. The third kappa shape index (κ3) is 4.14. The molecule has 0 unspecified atom stereocenters. The molecule has 4 rings (SSSR count). The van der Waals surface area contributed by atoms with Crippen molar-refractivity contribution in [3.63, 3.8) is 0 Å². The Balaban J connectivity index is 1.38. The molecule has 1 atom stereocenters. The monoisotopic (exact) mass is 390 g/mol. The van der Waals surface area contributed by atoms with Crippen molar-refractivity contribution in [1.29, 1.82) is 0 Å². The van der Waals surface area contributed by atoms with Crippen LogP contribution in [0.1, 0.15) is 31.4 Å². The predicted octanol–water partition coefficient (Wildman–Crippen LogP) is 0.888. The molecule has 0 bridgehead atoms. The Kier molecular flexibility index (Phi) is 5.40. The lowest BCUT2D eigenvalue weighted by atomic mass is 9.97. The van der Waals surface area contributed by atoms with Gasteiger partial charge in [-0.2, -0.15) is 4.52 Å². The van der Waals surface area contributed by atoms with Gasteiger partial charge in [-0.15, -0.1) is 5.10 Å². The van der Waals surface area contributed by atoms with Crippen LogP contribution in [0.3, 0.4) is 0 Å². The van der Waals surface area contributed by atoms with E-state index in [4.69, 9.17) is 0 Å². The molecule has 2 aliphatic heterocycles. The average molecular weight is 391 g/mol. The fourth-order valence-electron chi connectivity index (χ4n) is 3.89. The molecule has 27 heavy (non-hydrogen) atoms. The van der Waals surface area contributed by atoms with E-state index in [0.29, 0.717) is 17.2 Å². The minimum Gasteiger partial charge on any atom is -0.355 e. The smallest absolute Gasteiger partial charge is 0.275 e. The second-order valence-electron chi connectivity index (χ2n) is 7.44. The largest absolute Gasteiger partial charge is 0.355 e. The van der Waals surface area contributed by atoms with E-state index in [2.05, 4.69) is 25.2 Å².